The van der Waals surface area contributed by atoms with Crippen molar-refractivity contribution in [1.29, 1.82) is 0 Å². The predicted octanol–water partition coefficient (Wildman–Crippen LogP) is 1.32. The smallest absolute Gasteiger partial charge is 0.323 e. The molecular formula is C14H28N2O3. The molecule has 19 heavy (non-hydrogen) atoms. The van der Waals surface area contributed by atoms with E-state index in [0.717, 1.165) is 39.1 Å². The maximum Gasteiger partial charge on any atom is 0.323 e. The standard InChI is InChI=1S/C14H28N2O3/c1-14(15,13(17)18)7-3-4-8-16(2)10-12-6-5-9-19-11-12/h12H,3-11,15H2,1-2H3,(H,17,18). The number of carboxylic acids is 1. The Labute approximate surface area is 116 Å². The first-order valence-electron chi connectivity index (χ1n) is 7.20. The molecular weight excluding hydrogens is 244 g/mol. The number of carbonyl (C=O) groups is 1. The highest BCUT2D eigenvalue weighted by Gasteiger charge is 2.26. The van der Waals surface area contributed by atoms with Crippen molar-refractivity contribution >= 4 is 5.97 Å². The summed E-state index contributed by atoms with van der Waals surface area (Å²) in [5.41, 5.74) is 4.61. The third kappa shape index (κ3) is 6.36. The number of rotatable bonds is 8. The van der Waals surface area contributed by atoms with Gasteiger partial charge in [0.1, 0.15) is 5.54 Å². The Morgan fingerprint density at radius 2 is 2.26 bits per heavy atom. The lowest BCUT2D eigenvalue weighted by molar-refractivity contribution is -0.142. The van der Waals surface area contributed by atoms with Crippen molar-refractivity contribution in [2.45, 2.75) is 44.6 Å². The summed E-state index contributed by atoms with van der Waals surface area (Å²) >= 11 is 0. The molecule has 1 aliphatic rings. The highest BCUT2D eigenvalue weighted by Crippen LogP contribution is 2.15. The third-order valence-electron chi connectivity index (χ3n) is 3.80. The van der Waals surface area contributed by atoms with E-state index in [2.05, 4.69) is 11.9 Å². The second-order valence-corrected chi connectivity index (χ2v) is 6.03. The fraction of sp³-hybridized carbons (Fsp3) is 0.929. The van der Waals surface area contributed by atoms with E-state index in [1.165, 1.54) is 12.8 Å². The molecule has 1 saturated heterocycles. The van der Waals surface area contributed by atoms with Gasteiger partial charge in [0, 0.05) is 13.2 Å². The first-order chi connectivity index (χ1) is 8.92. The molecule has 0 amide bonds. The molecule has 2 unspecified atom stereocenters. The molecule has 1 rings (SSSR count). The molecule has 5 nitrogen and oxygen atoms in total. The largest absolute Gasteiger partial charge is 0.480 e. The molecule has 0 radical (unpaired) electrons. The average molecular weight is 272 g/mol. The summed E-state index contributed by atoms with van der Waals surface area (Å²) in [4.78, 5) is 13.2. The number of hydrogen-bond acceptors (Lipinski definition) is 4. The predicted molar refractivity (Wildman–Crippen MR) is 75.1 cm³/mol. The van der Waals surface area contributed by atoms with E-state index in [0.29, 0.717) is 12.3 Å². The summed E-state index contributed by atoms with van der Waals surface area (Å²) in [6.07, 6.45) is 4.80. The molecule has 1 aliphatic heterocycles. The van der Waals surface area contributed by atoms with Crippen molar-refractivity contribution in [3.05, 3.63) is 0 Å². The van der Waals surface area contributed by atoms with Crippen LogP contribution in [0.5, 0.6) is 0 Å². The number of hydrogen-bond donors (Lipinski definition) is 2. The normalized spacial score (nSPS) is 23.3. The van der Waals surface area contributed by atoms with Crippen LogP contribution in [-0.4, -0.2) is 54.9 Å². The zero-order valence-corrected chi connectivity index (χ0v) is 12.2. The fourth-order valence-corrected chi connectivity index (χ4v) is 2.46. The van der Waals surface area contributed by atoms with Gasteiger partial charge in [0.05, 0.1) is 6.61 Å². The molecule has 3 N–H and O–H groups in total. The molecule has 112 valence electrons. The van der Waals surface area contributed by atoms with E-state index in [1.54, 1.807) is 6.92 Å². The molecule has 0 saturated carbocycles. The molecule has 0 bridgehead atoms. The summed E-state index contributed by atoms with van der Waals surface area (Å²) in [5, 5.41) is 8.92. The lowest BCUT2D eigenvalue weighted by Crippen LogP contribution is -2.44. The first-order valence-corrected chi connectivity index (χ1v) is 7.20. The van der Waals surface area contributed by atoms with E-state index in [-0.39, 0.29) is 0 Å². The topological polar surface area (TPSA) is 75.8 Å². The van der Waals surface area contributed by atoms with E-state index in [4.69, 9.17) is 15.6 Å². The van der Waals surface area contributed by atoms with Crippen LogP contribution in [0.3, 0.4) is 0 Å². The van der Waals surface area contributed by atoms with Gasteiger partial charge in [-0.1, -0.05) is 0 Å². The van der Waals surface area contributed by atoms with Gasteiger partial charge >= 0.3 is 5.97 Å². The number of unbranched alkanes of at least 4 members (excludes halogenated alkanes) is 1. The van der Waals surface area contributed by atoms with Crippen LogP contribution in [0.15, 0.2) is 0 Å². The van der Waals surface area contributed by atoms with Gasteiger partial charge in [-0.15, -0.1) is 0 Å². The zero-order valence-electron chi connectivity index (χ0n) is 12.2. The Bertz CT molecular complexity index is 276. The number of nitrogens with zero attached hydrogens (tertiary/aromatic N) is 1. The van der Waals surface area contributed by atoms with Gasteiger partial charge < -0.3 is 20.5 Å². The quantitative estimate of drug-likeness (QED) is 0.652. The number of ether oxygens (including phenoxy) is 1. The van der Waals surface area contributed by atoms with Crippen molar-refractivity contribution in [1.82, 2.24) is 4.90 Å². The van der Waals surface area contributed by atoms with Gasteiger partial charge in [0.2, 0.25) is 0 Å². The third-order valence-corrected chi connectivity index (χ3v) is 3.80. The van der Waals surface area contributed by atoms with Crippen LogP contribution in [-0.2, 0) is 9.53 Å². The van der Waals surface area contributed by atoms with E-state index in [9.17, 15) is 4.79 Å². The molecule has 1 heterocycles. The average Bonchev–Trinajstić information content (AvgIpc) is 2.36. The summed E-state index contributed by atoms with van der Waals surface area (Å²) < 4.78 is 5.47. The molecule has 0 aromatic rings. The highest BCUT2D eigenvalue weighted by atomic mass is 16.5. The van der Waals surface area contributed by atoms with Crippen LogP contribution < -0.4 is 5.73 Å². The Balaban J connectivity index is 2.09. The second kappa shape index (κ2) is 7.82. The number of nitrogens with two attached hydrogens (primary N) is 1. The van der Waals surface area contributed by atoms with Crippen LogP contribution >= 0.6 is 0 Å². The van der Waals surface area contributed by atoms with Crippen LogP contribution in [0.2, 0.25) is 0 Å². The van der Waals surface area contributed by atoms with Gasteiger partial charge in [-0.25, -0.2) is 0 Å². The highest BCUT2D eigenvalue weighted by molar-refractivity contribution is 5.77. The van der Waals surface area contributed by atoms with Crippen LogP contribution in [0.1, 0.15) is 39.0 Å². The van der Waals surface area contributed by atoms with Crippen molar-refractivity contribution < 1.29 is 14.6 Å². The fourth-order valence-electron chi connectivity index (χ4n) is 2.46. The van der Waals surface area contributed by atoms with E-state index < -0.39 is 11.5 Å². The van der Waals surface area contributed by atoms with Crippen LogP contribution in [0.25, 0.3) is 0 Å². The lowest BCUT2D eigenvalue weighted by atomic mass is 9.96. The Kier molecular flexibility index (Phi) is 6.75. The Morgan fingerprint density at radius 3 is 2.84 bits per heavy atom. The number of carboxylic acid groups (broad SMARTS) is 1. The lowest BCUT2D eigenvalue weighted by Gasteiger charge is -2.27. The molecule has 0 aromatic heterocycles. The van der Waals surface area contributed by atoms with Crippen molar-refractivity contribution in [2.75, 3.05) is 33.4 Å². The molecule has 5 heteroatoms. The summed E-state index contributed by atoms with van der Waals surface area (Å²) in [6.45, 7) is 5.43. The van der Waals surface area contributed by atoms with Crippen molar-refractivity contribution in [3.8, 4) is 0 Å². The maximum absolute atomic E-state index is 10.9. The van der Waals surface area contributed by atoms with Crippen molar-refractivity contribution in [2.24, 2.45) is 11.7 Å². The summed E-state index contributed by atoms with van der Waals surface area (Å²) in [5.74, 6) is -0.266. The Morgan fingerprint density at radius 1 is 1.53 bits per heavy atom. The zero-order chi connectivity index (χ0) is 14.3. The monoisotopic (exact) mass is 272 g/mol. The van der Waals surface area contributed by atoms with E-state index in [1.807, 2.05) is 0 Å². The van der Waals surface area contributed by atoms with Gasteiger partial charge in [-0.3, -0.25) is 4.79 Å². The van der Waals surface area contributed by atoms with Crippen molar-refractivity contribution in [3.63, 3.8) is 0 Å². The number of aliphatic carboxylic acids is 1. The van der Waals surface area contributed by atoms with Gasteiger partial charge in [-0.05, 0) is 58.5 Å². The molecule has 1 fully saturated rings. The Hall–Kier alpha value is -0.650. The van der Waals surface area contributed by atoms with Gasteiger partial charge in [-0.2, -0.15) is 0 Å². The van der Waals surface area contributed by atoms with Crippen LogP contribution in [0, 0.1) is 5.92 Å². The molecule has 0 spiro atoms. The van der Waals surface area contributed by atoms with E-state index >= 15 is 0 Å². The van der Waals surface area contributed by atoms with Gasteiger partial charge in [0.25, 0.3) is 0 Å². The van der Waals surface area contributed by atoms with Crippen LogP contribution in [0.4, 0.5) is 0 Å². The van der Waals surface area contributed by atoms with Gasteiger partial charge in [0.15, 0.2) is 0 Å². The minimum Gasteiger partial charge on any atom is -0.480 e. The minimum atomic E-state index is -1.09. The molecule has 0 aromatic carbocycles. The SMILES string of the molecule is CN(CCCCC(C)(N)C(=O)O)CC1CCCOC1. The first kappa shape index (κ1) is 16.4. The minimum absolute atomic E-state index is 0.530. The second-order valence-electron chi connectivity index (χ2n) is 6.03. The molecule has 0 aliphatic carbocycles. The molecule has 2 atom stereocenters. The summed E-state index contributed by atoms with van der Waals surface area (Å²) in [7, 11) is 2.12. The summed E-state index contributed by atoms with van der Waals surface area (Å²) in [6, 6.07) is 0. The maximum atomic E-state index is 10.9.